The van der Waals surface area contributed by atoms with E-state index in [9.17, 15) is 4.79 Å². The van der Waals surface area contributed by atoms with Crippen molar-refractivity contribution < 1.29 is 9.53 Å². The van der Waals surface area contributed by atoms with Crippen LogP contribution in [0.2, 0.25) is 0 Å². The van der Waals surface area contributed by atoms with E-state index in [1.165, 1.54) is 29.7 Å². The molecule has 22 heavy (non-hydrogen) atoms. The molecule has 0 radical (unpaired) electrons. The highest BCUT2D eigenvalue weighted by atomic mass is 32.2. The number of thioether (sulfide) groups is 2. The maximum absolute atomic E-state index is 11.6. The number of rotatable bonds is 4. The second-order valence-corrected chi connectivity index (χ2v) is 7.91. The first-order chi connectivity index (χ1) is 10.8. The summed E-state index contributed by atoms with van der Waals surface area (Å²) in [5, 5.41) is 0. The summed E-state index contributed by atoms with van der Waals surface area (Å²) in [6.45, 7) is 0. The zero-order valence-corrected chi connectivity index (χ0v) is 14.0. The molecule has 0 amide bonds. The maximum Gasteiger partial charge on any atom is 0.337 e. The van der Waals surface area contributed by atoms with Gasteiger partial charge in [-0.05, 0) is 23.3 Å². The number of ether oxygens (including phenoxy) is 1. The fraction of sp³-hybridized carbons (Fsp3) is 0.278. The first-order valence-corrected chi connectivity index (χ1v) is 9.36. The van der Waals surface area contributed by atoms with E-state index in [0.29, 0.717) is 16.1 Å². The molecule has 4 heteroatoms. The highest BCUT2D eigenvalue weighted by Gasteiger charge is 2.29. The van der Waals surface area contributed by atoms with E-state index in [-0.39, 0.29) is 5.97 Å². The van der Waals surface area contributed by atoms with Crippen molar-refractivity contribution in [2.24, 2.45) is 0 Å². The second kappa shape index (κ2) is 7.25. The number of benzene rings is 2. The van der Waals surface area contributed by atoms with Gasteiger partial charge in [-0.2, -0.15) is 0 Å². The van der Waals surface area contributed by atoms with Crippen molar-refractivity contribution in [3.8, 4) is 0 Å². The molecule has 2 aromatic rings. The predicted octanol–water partition coefficient (Wildman–Crippen LogP) is 4.41. The van der Waals surface area contributed by atoms with Gasteiger partial charge < -0.3 is 4.74 Å². The van der Waals surface area contributed by atoms with Gasteiger partial charge in [0.1, 0.15) is 0 Å². The van der Waals surface area contributed by atoms with Crippen LogP contribution in [0.1, 0.15) is 27.4 Å². The van der Waals surface area contributed by atoms with E-state index in [0.717, 1.165) is 0 Å². The number of methoxy groups -OCH3 is 1. The van der Waals surface area contributed by atoms with Crippen molar-refractivity contribution in [3.05, 3.63) is 71.3 Å². The first-order valence-electron chi connectivity index (χ1n) is 7.26. The molecule has 0 saturated carbocycles. The van der Waals surface area contributed by atoms with Crippen LogP contribution >= 0.6 is 23.5 Å². The van der Waals surface area contributed by atoms with Gasteiger partial charge in [0.15, 0.2) is 0 Å². The summed E-state index contributed by atoms with van der Waals surface area (Å²) in [5.41, 5.74) is 3.19. The number of esters is 1. The fourth-order valence-electron chi connectivity index (χ4n) is 2.68. The molecule has 1 heterocycles. The van der Waals surface area contributed by atoms with E-state index in [1.54, 1.807) is 0 Å². The number of hydrogen-bond acceptors (Lipinski definition) is 4. The molecule has 1 aliphatic rings. The van der Waals surface area contributed by atoms with Gasteiger partial charge in [0.25, 0.3) is 0 Å². The van der Waals surface area contributed by atoms with Gasteiger partial charge in [-0.15, -0.1) is 23.5 Å². The number of carbonyl (C=O) groups is 1. The molecule has 114 valence electrons. The van der Waals surface area contributed by atoms with Crippen LogP contribution in [-0.2, 0) is 4.74 Å². The molecule has 2 nitrogen and oxygen atoms in total. The molecule has 0 aliphatic carbocycles. The van der Waals surface area contributed by atoms with E-state index in [1.807, 2.05) is 35.7 Å². The van der Waals surface area contributed by atoms with Crippen LogP contribution in [0.15, 0.2) is 54.6 Å². The molecule has 3 rings (SSSR count). The quantitative estimate of drug-likeness (QED) is 0.776. The predicted molar refractivity (Wildman–Crippen MR) is 94.8 cm³/mol. The Kier molecular flexibility index (Phi) is 5.11. The van der Waals surface area contributed by atoms with E-state index in [2.05, 4.69) is 42.5 Å². The summed E-state index contributed by atoms with van der Waals surface area (Å²) >= 11 is 4.05. The second-order valence-electron chi connectivity index (χ2n) is 5.11. The number of hydrogen-bond donors (Lipinski definition) is 0. The lowest BCUT2D eigenvalue weighted by atomic mass is 9.92. The Morgan fingerprint density at radius 1 is 1.00 bits per heavy atom. The largest absolute Gasteiger partial charge is 0.465 e. The molecule has 0 N–H and O–H groups in total. The Morgan fingerprint density at radius 3 is 2.18 bits per heavy atom. The minimum Gasteiger partial charge on any atom is -0.465 e. The maximum atomic E-state index is 11.6. The van der Waals surface area contributed by atoms with Gasteiger partial charge in [-0.1, -0.05) is 42.5 Å². The highest BCUT2D eigenvalue weighted by molar-refractivity contribution is 8.20. The molecule has 1 fully saturated rings. The van der Waals surface area contributed by atoms with Crippen molar-refractivity contribution in [1.29, 1.82) is 0 Å². The summed E-state index contributed by atoms with van der Waals surface area (Å²) in [5.74, 6) is 2.48. The lowest BCUT2D eigenvalue weighted by Gasteiger charge is -2.23. The minimum atomic E-state index is -0.285. The Balaban J connectivity index is 1.93. The van der Waals surface area contributed by atoms with Crippen LogP contribution in [0, 0.1) is 0 Å². The number of carbonyl (C=O) groups excluding carboxylic acids is 1. The summed E-state index contributed by atoms with van der Waals surface area (Å²) < 4.78 is 5.31. The Labute approximate surface area is 139 Å². The molecule has 1 unspecified atom stereocenters. The topological polar surface area (TPSA) is 26.3 Å². The first kappa shape index (κ1) is 15.5. The van der Waals surface area contributed by atoms with E-state index < -0.39 is 0 Å². The van der Waals surface area contributed by atoms with Crippen molar-refractivity contribution in [1.82, 2.24) is 0 Å². The standard InChI is InChI=1S/C18H18O2S2/c1-20-17(19)15-9-7-14(8-10-15)16(18-21-11-12-22-18)13-5-3-2-4-6-13/h2-10,16,18H,11-12H2,1H3. The summed E-state index contributed by atoms with van der Waals surface area (Å²) in [6.07, 6.45) is 0. The van der Waals surface area contributed by atoms with E-state index >= 15 is 0 Å². The summed E-state index contributed by atoms with van der Waals surface area (Å²) in [4.78, 5) is 11.6. The molecule has 1 aliphatic heterocycles. The van der Waals surface area contributed by atoms with Gasteiger partial charge in [0.05, 0.1) is 17.3 Å². The van der Waals surface area contributed by atoms with Crippen LogP contribution in [0.3, 0.4) is 0 Å². The van der Waals surface area contributed by atoms with E-state index in [4.69, 9.17) is 4.74 Å². The smallest absolute Gasteiger partial charge is 0.337 e. The average molecular weight is 330 g/mol. The summed E-state index contributed by atoms with van der Waals surface area (Å²) in [6, 6.07) is 18.5. The molecular weight excluding hydrogens is 312 g/mol. The Hall–Kier alpha value is -1.39. The molecule has 1 atom stereocenters. The molecule has 2 aromatic carbocycles. The molecule has 0 spiro atoms. The molecule has 0 bridgehead atoms. The molecular formula is C18H18O2S2. The third kappa shape index (κ3) is 3.33. The Morgan fingerprint density at radius 2 is 1.59 bits per heavy atom. The lowest BCUT2D eigenvalue weighted by Crippen LogP contribution is -2.12. The van der Waals surface area contributed by atoms with Gasteiger partial charge >= 0.3 is 5.97 Å². The third-order valence-corrected chi connectivity index (χ3v) is 6.93. The van der Waals surface area contributed by atoms with Gasteiger partial charge in [-0.3, -0.25) is 0 Å². The summed E-state index contributed by atoms with van der Waals surface area (Å²) in [7, 11) is 1.41. The third-order valence-electron chi connectivity index (χ3n) is 3.77. The fourth-order valence-corrected chi connectivity index (χ4v) is 5.89. The van der Waals surface area contributed by atoms with Crippen LogP contribution in [0.25, 0.3) is 0 Å². The zero-order valence-electron chi connectivity index (χ0n) is 12.4. The van der Waals surface area contributed by atoms with Crippen molar-refractivity contribution in [3.63, 3.8) is 0 Å². The van der Waals surface area contributed by atoms with Crippen molar-refractivity contribution >= 4 is 29.5 Å². The normalized spacial score (nSPS) is 16.4. The van der Waals surface area contributed by atoms with Gasteiger partial charge in [-0.25, -0.2) is 4.79 Å². The van der Waals surface area contributed by atoms with Crippen LogP contribution in [0.5, 0.6) is 0 Å². The van der Waals surface area contributed by atoms with Crippen molar-refractivity contribution in [2.45, 2.75) is 10.5 Å². The minimum absolute atomic E-state index is 0.285. The van der Waals surface area contributed by atoms with Crippen LogP contribution < -0.4 is 0 Å². The van der Waals surface area contributed by atoms with Gasteiger partial charge in [0, 0.05) is 17.4 Å². The SMILES string of the molecule is COC(=O)c1ccc(C(c2ccccc2)C2SCCS2)cc1. The molecule has 0 aromatic heterocycles. The van der Waals surface area contributed by atoms with Crippen LogP contribution in [-0.4, -0.2) is 29.2 Å². The average Bonchev–Trinajstić information content (AvgIpc) is 3.10. The monoisotopic (exact) mass is 330 g/mol. The zero-order chi connectivity index (χ0) is 15.4. The van der Waals surface area contributed by atoms with Gasteiger partial charge in [0.2, 0.25) is 0 Å². The highest BCUT2D eigenvalue weighted by Crippen LogP contribution is 2.45. The van der Waals surface area contributed by atoms with Crippen LogP contribution in [0.4, 0.5) is 0 Å². The Bertz CT molecular complexity index is 619. The van der Waals surface area contributed by atoms with Crippen molar-refractivity contribution in [2.75, 3.05) is 18.6 Å². The lowest BCUT2D eigenvalue weighted by molar-refractivity contribution is 0.0600. The molecule has 1 saturated heterocycles.